The number of hydrogen-bond acceptors (Lipinski definition) is 2. The van der Waals surface area contributed by atoms with Gasteiger partial charge in [-0.3, -0.25) is 4.99 Å². The zero-order chi connectivity index (χ0) is 8.69. The molecule has 0 amide bonds. The molecule has 0 aromatic carbocycles. The average molecular weight is 152 g/mol. The Morgan fingerprint density at radius 1 is 1.55 bits per heavy atom. The van der Waals surface area contributed by atoms with E-state index in [1.807, 2.05) is 13.0 Å². The molecule has 0 aliphatic heterocycles. The summed E-state index contributed by atoms with van der Waals surface area (Å²) in [6.45, 7) is 4.05. The third-order valence-electron chi connectivity index (χ3n) is 1.56. The maximum absolute atomic E-state index is 7.10. The molecule has 2 nitrogen and oxygen atoms in total. The average Bonchev–Trinajstić information content (AvgIpc) is 2.05. The smallest absolute Gasteiger partial charge is 0.0428 e. The van der Waals surface area contributed by atoms with Crippen LogP contribution in [-0.4, -0.2) is 19.0 Å². The van der Waals surface area contributed by atoms with Crippen LogP contribution >= 0.6 is 0 Å². The number of nitrogens with one attached hydrogen (secondary N) is 1. The molecule has 0 fully saturated rings. The first kappa shape index (κ1) is 10.1. The monoisotopic (exact) mass is 152 g/mol. The van der Waals surface area contributed by atoms with Gasteiger partial charge < -0.3 is 5.41 Å². The van der Waals surface area contributed by atoms with Gasteiger partial charge in [0.15, 0.2) is 0 Å². The zero-order valence-electron chi connectivity index (χ0n) is 7.52. The SMILES string of the molecule is C/C=C(/C=N)C(CCC)=NC. The maximum Gasteiger partial charge on any atom is 0.0428 e. The van der Waals surface area contributed by atoms with Crippen LogP contribution in [0.15, 0.2) is 16.6 Å². The Bertz CT molecular complexity index is 178. The van der Waals surface area contributed by atoms with E-state index in [-0.39, 0.29) is 0 Å². The molecule has 62 valence electrons. The summed E-state index contributed by atoms with van der Waals surface area (Å²) in [5, 5.41) is 7.10. The van der Waals surface area contributed by atoms with Crippen LogP contribution in [0.3, 0.4) is 0 Å². The Morgan fingerprint density at radius 3 is 2.45 bits per heavy atom. The van der Waals surface area contributed by atoms with Gasteiger partial charge in [0.25, 0.3) is 0 Å². The molecule has 0 saturated carbocycles. The van der Waals surface area contributed by atoms with Gasteiger partial charge in [0, 0.05) is 24.5 Å². The lowest BCUT2D eigenvalue weighted by Gasteiger charge is -2.02. The first-order valence-electron chi connectivity index (χ1n) is 3.92. The summed E-state index contributed by atoms with van der Waals surface area (Å²) in [5.41, 5.74) is 1.97. The molecular weight excluding hydrogens is 136 g/mol. The predicted molar refractivity (Wildman–Crippen MR) is 50.8 cm³/mol. The fourth-order valence-electron chi connectivity index (χ4n) is 0.955. The van der Waals surface area contributed by atoms with E-state index in [9.17, 15) is 0 Å². The summed E-state index contributed by atoms with van der Waals surface area (Å²) >= 11 is 0. The largest absolute Gasteiger partial charge is 0.308 e. The molecule has 0 spiro atoms. The van der Waals surface area contributed by atoms with Crippen LogP contribution in [0.2, 0.25) is 0 Å². The molecule has 0 aliphatic carbocycles. The summed E-state index contributed by atoms with van der Waals surface area (Å²) in [6, 6.07) is 0. The van der Waals surface area contributed by atoms with Gasteiger partial charge in [-0.1, -0.05) is 19.4 Å². The minimum atomic E-state index is 0.939. The number of rotatable bonds is 4. The third kappa shape index (κ3) is 3.12. The summed E-state index contributed by atoms with van der Waals surface area (Å²) in [5.74, 6) is 0. The highest BCUT2D eigenvalue weighted by molar-refractivity contribution is 6.15. The Kier molecular flexibility index (Phi) is 5.35. The molecule has 0 saturated heterocycles. The molecule has 2 heteroatoms. The van der Waals surface area contributed by atoms with E-state index in [0.29, 0.717) is 0 Å². The fraction of sp³-hybridized carbons (Fsp3) is 0.556. The molecule has 0 bridgehead atoms. The molecule has 1 N–H and O–H groups in total. The summed E-state index contributed by atoms with van der Waals surface area (Å²) in [6.07, 6.45) is 5.33. The van der Waals surface area contributed by atoms with E-state index in [1.165, 1.54) is 6.21 Å². The van der Waals surface area contributed by atoms with Crippen LogP contribution < -0.4 is 0 Å². The molecule has 0 heterocycles. The third-order valence-corrected chi connectivity index (χ3v) is 1.56. The summed E-state index contributed by atoms with van der Waals surface area (Å²) < 4.78 is 0. The van der Waals surface area contributed by atoms with E-state index in [0.717, 1.165) is 24.1 Å². The molecule has 0 rings (SSSR count). The van der Waals surface area contributed by atoms with E-state index in [4.69, 9.17) is 5.41 Å². The number of allylic oxidation sites excluding steroid dienone is 2. The van der Waals surface area contributed by atoms with Crippen LogP contribution in [0.4, 0.5) is 0 Å². The highest BCUT2D eigenvalue weighted by Gasteiger charge is 1.99. The fourth-order valence-corrected chi connectivity index (χ4v) is 0.955. The maximum atomic E-state index is 7.10. The van der Waals surface area contributed by atoms with E-state index >= 15 is 0 Å². The van der Waals surface area contributed by atoms with Gasteiger partial charge in [0.1, 0.15) is 0 Å². The molecule has 0 aromatic rings. The van der Waals surface area contributed by atoms with Crippen molar-refractivity contribution in [1.82, 2.24) is 0 Å². The minimum absolute atomic E-state index is 0.939. The van der Waals surface area contributed by atoms with Gasteiger partial charge in [0.2, 0.25) is 0 Å². The van der Waals surface area contributed by atoms with Gasteiger partial charge in [0.05, 0.1) is 0 Å². The molecule has 0 unspecified atom stereocenters. The van der Waals surface area contributed by atoms with Gasteiger partial charge in [-0.2, -0.15) is 0 Å². The lowest BCUT2D eigenvalue weighted by atomic mass is 10.1. The van der Waals surface area contributed by atoms with E-state index < -0.39 is 0 Å². The second-order valence-corrected chi connectivity index (χ2v) is 2.31. The quantitative estimate of drug-likeness (QED) is 0.601. The van der Waals surface area contributed by atoms with Crippen molar-refractivity contribution in [3.8, 4) is 0 Å². The Morgan fingerprint density at radius 2 is 2.18 bits per heavy atom. The van der Waals surface area contributed by atoms with Crippen LogP contribution in [0.25, 0.3) is 0 Å². The van der Waals surface area contributed by atoms with E-state index in [1.54, 1.807) is 7.05 Å². The predicted octanol–water partition coefficient (Wildman–Crippen LogP) is 2.45. The molecule has 0 radical (unpaired) electrons. The summed E-state index contributed by atoms with van der Waals surface area (Å²) in [7, 11) is 1.78. The topological polar surface area (TPSA) is 36.2 Å². The molecule has 0 aromatic heterocycles. The summed E-state index contributed by atoms with van der Waals surface area (Å²) in [4.78, 5) is 4.12. The molecule has 0 atom stereocenters. The van der Waals surface area contributed by atoms with Crippen molar-refractivity contribution in [3.05, 3.63) is 11.6 Å². The van der Waals surface area contributed by atoms with Crippen molar-refractivity contribution in [2.75, 3.05) is 7.05 Å². The van der Waals surface area contributed by atoms with Gasteiger partial charge in [-0.05, 0) is 13.3 Å². The van der Waals surface area contributed by atoms with Gasteiger partial charge in [-0.25, -0.2) is 0 Å². The van der Waals surface area contributed by atoms with Crippen LogP contribution in [0.5, 0.6) is 0 Å². The highest BCUT2D eigenvalue weighted by Crippen LogP contribution is 2.01. The standard InChI is InChI=1S/C9H16N2/c1-4-6-9(11-3)8(5-2)7-10/h5,7,10H,4,6H2,1-3H3/b8-5-,10-7?,11-9?. The Balaban J connectivity index is 4.37. The second kappa shape index (κ2) is 5.83. The normalized spacial score (nSPS) is 13.4. The first-order chi connectivity index (χ1) is 5.29. The lowest BCUT2D eigenvalue weighted by molar-refractivity contribution is 0.990. The first-order valence-corrected chi connectivity index (χ1v) is 3.92. The lowest BCUT2D eigenvalue weighted by Crippen LogP contribution is -2.02. The highest BCUT2D eigenvalue weighted by atomic mass is 14.7. The molecule has 11 heavy (non-hydrogen) atoms. The Hall–Kier alpha value is -0.920. The van der Waals surface area contributed by atoms with Crippen molar-refractivity contribution >= 4 is 11.9 Å². The number of hydrogen-bond donors (Lipinski definition) is 1. The van der Waals surface area contributed by atoms with Crippen molar-refractivity contribution in [2.45, 2.75) is 26.7 Å². The van der Waals surface area contributed by atoms with Crippen molar-refractivity contribution in [2.24, 2.45) is 4.99 Å². The van der Waals surface area contributed by atoms with Crippen LogP contribution in [0, 0.1) is 5.41 Å². The van der Waals surface area contributed by atoms with Crippen LogP contribution in [-0.2, 0) is 0 Å². The van der Waals surface area contributed by atoms with Crippen molar-refractivity contribution in [3.63, 3.8) is 0 Å². The number of nitrogens with zero attached hydrogens (tertiary/aromatic N) is 1. The van der Waals surface area contributed by atoms with Gasteiger partial charge in [-0.15, -0.1) is 0 Å². The van der Waals surface area contributed by atoms with E-state index in [2.05, 4.69) is 11.9 Å². The van der Waals surface area contributed by atoms with Crippen LogP contribution in [0.1, 0.15) is 26.7 Å². The van der Waals surface area contributed by atoms with Crippen molar-refractivity contribution in [1.29, 1.82) is 5.41 Å². The zero-order valence-corrected chi connectivity index (χ0v) is 7.52. The molecular formula is C9H16N2. The second-order valence-electron chi connectivity index (χ2n) is 2.31. The molecule has 0 aliphatic rings. The van der Waals surface area contributed by atoms with Crippen molar-refractivity contribution < 1.29 is 0 Å². The minimum Gasteiger partial charge on any atom is -0.308 e. The van der Waals surface area contributed by atoms with Gasteiger partial charge >= 0.3 is 0 Å². The number of aliphatic imine (C=N–C) groups is 1. The Labute approximate surface area is 68.5 Å².